The zero-order valence-corrected chi connectivity index (χ0v) is 21.9. The molecule has 0 aromatic heterocycles. The predicted molar refractivity (Wildman–Crippen MR) is 131 cm³/mol. The molecule has 0 saturated carbocycles. The van der Waals surface area contributed by atoms with E-state index in [-0.39, 0.29) is 33.0 Å². The van der Waals surface area contributed by atoms with E-state index < -0.39 is 35.3 Å². The minimum absolute atomic E-state index is 0.0210. The zero-order chi connectivity index (χ0) is 26.8. The summed E-state index contributed by atoms with van der Waals surface area (Å²) in [6, 6.07) is 11.1. The van der Waals surface area contributed by atoms with Crippen LogP contribution >= 0.6 is 0 Å². The molecule has 2 aromatic carbocycles. The summed E-state index contributed by atoms with van der Waals surface area (Å²) in [6.45, 7) is 7.15. The number of esters is 2. The Balaban J connectivity index is 1.32. The molecule has 1 N–H and O–H groups in total. The third kappa shape index (κ3) is 5.71. The highest BCUT2D eigenvalue weighted by atomic mass is 16.7. The minimum atomic E-state index is -1.15. The summed E-state index contributed by atoms with van der Waals surface area (Å²) in [5.41, 5.74) is 1.98. The molecule has 200 valence electrons. The van der Waals surface area contributed by atoms with Gasteiger partial charge in [0, 0.05) is 11.1 Å². The van der Waals surface area contributed by atoms with Gasteiger partial charge in [-0.1, -0.05) is 24.3 Å². The summed E-state index contributed by atoms with van der Waals surface area (Å²) < 4.78 is 33.9. The Morgan fingerprint density at radius 1 is 0.838 bits per heavy atom. The van der Waals surface area contributed by atoms with Crippen LogP contribution in [0.1, 0.15) is 54.2 Å². The van der Waals surface area contributed by atoms with Crippen molar-refractivity contribution in [1.29, 1.82) is 0 Å². The number of hydrogen-bond donors (Lipinski definition) is 1. The Labute approximate surface area is 216 Å². The normalized spacial score (nSPS) is 27.9. The molecule has 2 fully saturated rings. The van der Waals surface area contributed by atoms with Crippen molar-refractivity contribution < 1.29 is 43.1 Å². The smallest absolute Gasteiger partial charge is 0.324 e. The molecule has 0 atom stereocenters. The second-order valence-electron chi connectivity index (χ2n) is 10.3. The fourth-order valence-corrected chi connectivity index (χ4v) is 4.26. The maximum Gasteiger partial charge on any atom is 0.324 e. The zero-order valence-electron chi connectivity index (χ0n) is 21.9. The summed E-state index contributed by atoms with van der Waals surface area (Å²) >= 11 is 0. The number of carbonyl (C=O) groups excluding carboxylic acids is 2. The number of methoxy groups -OCH3 is 1. The molecule has 2 saturated heterocycles. The van der Waals surface area contributed by atoms with Gasteiger partial charge in [0.2, 0.25) is 0 Å². The highest BCUT2D eigenvalue weighted by molar-refractivity contribution is 5.91. The van der Waals surface area contributed by atoms with Crippen LogP contribution in [0, 0.1) is 24.7 Å². The molecule has 2 aliphatic rings. The van der Waals surface area contributed by atoms with Crippen molar-refractivity contribution in [2.45, 2.75) is 46.9 Å². The molecule has 4 rings (SSSR count). The Kier molecular flexibility index (Phi) is 8.01. The number of benzene rings is 2. The van der Waals surface area contributed by atoms with Gasteiger partial charge in [0.05, 0.1) is 40.1 Å². The lowest BCUT2D eigenvalue weighted by atomic mass is 9.90. The van der Waals surface area contributed by atoms with Gasteiger partial charge in [0.15, 0.2) is 12.6 Å². The lowest BCUT2D eigenvalue weighted by molar-refractivity contribution is -0.245. The maximum absolute atomic E-state index is 13.0. The molecule has 0 unspecified atom stereocenters. The van der Waals surface area contributed by atoms with Crippen LogP contribution in [0.2, 0.25) is 0 Å². The van der Waals surface area contributed by atoms with Crippen LogP contribution in [-0.2, 0) is 39.9 Å². The molecule has 2 heterocycles. The molecule has 9 nitrogen and oxygen atoms in total. The van der Waals surface area contributed by atoms with Crippen molar-refractivity contribution >= 4 is 11.9 Å². The highest BCUT2D eigenvalue weighted by Gasteiger charge is 2.47. The van der Waals surface area contributed by atoms with E-state index in [1.165, 1.54) is 0 Å². The molecule has 37 heavy (non-hydrogen) atoms. The van der Waals surface area contributed by atoms with E-state index in [0.717, 1.165) is 33.6 Å². The summed E-state index contributed by atoms with van der Waals surface area (Å²) in [7, 11) is 1.61. The fraction of sp³-hybridized carbons (Fsp3) is 0.500. The first kappa shape index (κ1) is 27.2. The number of aryl methyl sites for hydroxylation is 2. The lowest BCUT2D eigenvalue weighted by Gasteiger charge is -2.38. The monoisotopic (exact) mass is 514 g/mol. The van der Waals surface area contributed by atoms with E-state index in [4.69, 9.17) is 28.4 Å². The Bertz CT molecular complexity index is 1050. The number of ether oxygens (including phenoxy) is 6. The minimum Gasteiger partial charge on any atom is -0.496 e. The predicted octanol–water partition coefficient (Wildman–Crippen LogP) is 3.68. The first-order valence-corrected chi connectivity index (χ1v) is 12.2. The van der Waals surface area contributed by atoms with Crippen molar-refractivity contribution in [2.75, 3.05) is 33.5 Å². The largest absolute Gasteiger partial charge is 0.496 e. The second kappa shape index (κ2) is 10.9. The second-order valence-corrected chi connectivity index (χ2v) is 10.3. The lowest BCUT2D eigenvalue weighted by Crippen LogP contribution is -2.48. The highest BCUT2D eigenvalue weighted by Crippen LogP contribution is 2.36. The van der Waals surface area contributed by atoms with Gasteiger partial charge >= 0.3 is 11.9 Å². The van der Waals surface area contributed by atoms with E-state index in [9.17, 15) is 14.7 Å². The van der Waals surface area contributed by atoms with Crippen LogP contribution in [-0.4, -0.2) is 50.6 Å². The van der Waals surface area contributed by atoms with Gasteiger partial charge in [-0.3, -0.25) is 9.59 Å². The molecule has 0 spiro atoms. The molecule has 0 amide bonds. The third-order valence-electron chi connectivity index (χ3n) is 6.88. The average molecular weight is 515 g/mol. The van der Waals surface area contributed by atoms with Crippen LogP contribution in [0.4, 0.5) is 0 Å². The quantitative estimate of drug-likeness (QED) is 0.456. The third-order valence-corrected chi connectivity index (χ3v) is 6.88. The SMILES string of the molecule is COc1ccc(C2OCC(C)(C(=O)OC(=O)C3(C)COC(c4ccc(CO)c(C)c4)OC3)CO2)cc1C. The number of aliphatic hydroxyl groups is 1. The standard InChI is InChI=1S/C28H34O9/c1-17-10-19(6-7-21(17)12-29)23-33-13-27(3,14-34-23)25(30)37-26(31)28(4)15-35-24(36-16-28)20-8-9-22(32-5)18(2)11-20/h6-11,23-24,29H,12-16H2,1-5H3. The first-order chi connectivity index (χ1) is 17.6. The Hall–Kier alpha value is -2.82. The molecule has 9 heteroatoms. The van der Waals surface area contributed by atoms with Crippen LogP contribution in [0.3, 0.4) is 0 Å². The van der Waals surface area contributed by atoms with E-state index >= 15 is 0 Å². The molecule has 0 radical (unpaired) electrons. The first-order valence-electron chi connectivity index (χ1n) is 12.2. The van der Waals surface area contributed by atoms with Gasteiger partial charge in [-0.05, 0) is 56.5 Å². The van der Waals surface area contributed by atoms with E-state index in [0.29, 0.717) is 0 Å². The van der Waals surface area contributed by atoms with Crippen LogP contribution in [0.25, 0.3) is 0 Å². The van der Waals surface area contributed by atoms with Crippen molar-refractivity contribution in [3.8, 4) is 5.75 Å². The number of aliphatic hydroxyl groups excluding tert-OH is 1. The summed E-state index contributed by atoms with van der Waals surface area (Å²) in [6.07, 6.45) is -1.29. The van der Waals surface area contributed by atoms with E-state index in [1.54, 1.807) is 21.0 Å². The van der Waals surface area contributed by atoms with Crippen LogP contribution < -0.4 is 4.74 Å². The van der Waals surface area contributed by atoms with Gasteiger partial charge in [-0.2, -0.15) is 0 Å². The maximum atomic E-state index is 13.0. The van der Waals surface area contributed by atoms with Crippen LogP contribution in [0.15, 0.2) is 36.4 Å². The van der Waals surface area contributed by atoms with Crippen LogP contribution in [0.5, 0.6) is 5.75 Å². The summed E-state index contributed by atoms with van der Waals surface area (Å²) in [4.78, 5) is 25.9. The molecule has 2 aromatic rings. The average Bonchev–Trinajstić information content (AvgIpc) is 2.89. The van der Waals surface area contributed by atoms with Gasteiger partial charge in [-0.25, -0.2) is 0 Å². The van der Waals surface area contributed by atoms with Gasteiger partial charge in [-0.15, -0.1) is 0 Å². The van der Waals surface area contributed by atoms with E-state index in [1.807, 2.05) is 50.2 Å². The van der Waals surface area contributed by atoms with Gasteiger partial charge in [0.1, 0.15) is 16.6 Å². The van der Waals surface area contributed by atoms with Crippen molar-refractivity contribution in [2.24, 2.45) is 10.8 Å². The molecule has 2 aliphatic heterocycles. The van der Waals surface area contributed by atoms with Crippen molar-refractivity contribution in [3.63, 3.8) is 0 Å². The Morgan fingerprint density at radius 3 is 1.70 bits per heavy atom. The fourth-order valence-electron chi connectivity index (χ4n) is 4.26. The molecule has 0 aliphatic carbocycles. The van der Waals surface area contributed by atoms with Crippen molar-refractivity contribution in [1.82, 2.24) is 0 Å². The molecular formula is C28H34O9. The van der Waals surface area contributed by atoms with Crippen molar-refractivity contribution in [3.05, 3.63) is 64.2 Å². The van der Waals surface area contributed by atoms with Gasteiger partial charge in [0.25, 0.3) is 0 Å². The molecule has 0 bridgehead atoms. The number of carbonyl (C=O) groups is 2. The summed E-state index contributed by atoms with van der Waals surface area (Å²) in [5, 5.41) is 9.37. The summed E-state index contributed by atoms with van der Waals surface area (Å²) in [5.74, 6) is -0.686. The van der Waals surface area contributed by atoms with E-state index in [2.05, 4.69) is 0 Å². The van der Waals surface area contributed by atoms with Gasteiger partial charge < -0.3 is 33.5 Å². The topological polar surface area (TPSA) is 110 Å². The number of hydrogen-bond acceptors (Lipinski definition) is 9. The number of rotatable bonds is 6. The molecular weight excluding hydrogens is 480 g/mol. The Morgan fingerprint density at radius 2 is 1.30 bits per heavy atom.